The van der Waals surface area contributed by atoms with Gasteiger partial charge in [0.1, 0.15) is 11.0 Å². The Bertz CT molecular complexity index is 428. The molecule has 7 heteroatoms. The zero-order valence-electron chi connectivity index (χ0n) is 9.73. The van der Waals surface area contributed by atoms with Crippen molar-refractivity contribution < 1.29 is 23.1 Å². The second-order valence-corrected chi connectivity index (χ2v) is 7.09. The number of nitrogens with one attached hydrogen (secondary N) is 1. The summed E-state index contributed by atoms with van der Waals surface area (Å²) in [7, 11) is -2.07. The largest absolute Gasteiger partial charge is 0.468 e. The molecule has 2 rings (SSSR count). The second-order valence-electron chi connectivity index (χ2n) is 4.90. The molecule has 17 heavy (non-hydrogen) atoms. The first-order chi connectivity index (χ1) is 7.85. The van der Waals surface area contributed by atoms with Crippen LogP contribution in [-0.2, 0) is 19.4 Å². The summed E-state index contributed by atoms with van der Waals surface area (Å²) in [4.78, 5) is 11.9. The van der Waals surface area contributed by atoms with Crippen molar-refractivity contribution in [3.8, 4) is 0 Å². The fraction of sp³-hybridized carbons (Fsp3) is 0.900. The number of carbonyl (C=O) groups excluding carboxylic acids is 1. The summed E-state index contributed by atoms with van der Waals surface area (Å²) in [5.74, 6) is -0.857. The number of methoxy groups -OCH3 is 1. The average molecular weight is 263 g/mol. The number of ether oxygens (including phenoxy) is 1. The van der Waals surface area contributed by atoms with Crippen molar-refractivity contribution in [1.29, 1.82) is 0 Å². The Hall–Kier alpha value is -0.660. The number of β-amino-alcohol motifs (C(OH)–C–C–N with tert-alkyl or cyclic N) is 1. The fourth-order valence-electron chi connectivity index (χ4n) is 2.73. The molecule has 0 aromatic rings. The number of aliphatic hydroxyl groups is 1. The van der Waals surface area contributed by atoms with Crippen LogP contribution in [0.2, 0.25) is 0 Å². The smallest absolute Gasteiger partial charge is 0.315 e. The highest BCUT2D eigenvalue weighted by Crippen LogP contribution is 2.44. The minimum Gasteiger partial charge on any atom is -0.468 e. The lowest BCUT2D eigenvalue weighted by molar-refractivity contribution is -0.179. The molecule has 2 aliphatic heterocycles. The topological polar surface area (TPSA) is 92.7 Å². The third kappa shape index (κ3) is 1.86. The van der Waals surface area contributed by atoms with Gasteiger partial charge in [0.05, 0.1) is 18.6 Å². The summed E-state index contributed by atoms with van der Waals surface area (Å²) in [6.45, 7) is 0.468. The normalized spacial score (nSPS) is 34.7. The molecule has 2 N–H and O–H groups in total. The van der Waals surface area contributed by atoms with Crippen molar-refractivity contribution in [3.63, 3.8) is 0 Å². The van der Waals surface area contributed by atoms with Gasteiger partial charge >= 0.3 is 5.97 Å². The molecular formula is C10H17NO5S. The lowest BCUT2D eigenvalue weighted by Gasteiger charge is -2.51. The lowest BCUT2D eigenvalue weighted by Crippen LogP contribution is -2.73. The van der Waals surface area contributed by atoms with Crippen LogP contribution >= 0.6 is 0 Å². The Kier molecular flexibility index (Phi) is 2.95. The Balaban J connectivity index is 2.40. The molecule has 2 saturated heterocycles. The van der Waals surface area contributed by atoms with Gasteiger partial charge in [-0.25, -0.2) is 8.42 Å². The van der Waals surface area contributed by atoms with Crippen LogP contribution in [-0.4, -0.2) is 56.8 Å². The SMILES string of the molecule is COC(=O)C1(C2(O)CNC2)CCCS(=O)(=O)C1. The Morgan fingerprint density at radius 3 is 2.47 bits per heavy atom. The van der Waals surface area contributed by atoms with Crippen molar-refractivity contribution in [2.24, 2.45) is 5.41 Å². The van der Waals surface area contributed by atoms with Gasteiger partial charge in [-0.3, -0.25) is 4.79 Å². The first-order valence-corrected chi connectivity index (χ1v) is 7.39. The van der Waals surface area contributed by atoms with Gasteiger partial charge in [-0.05, 0) is 12.8 Å². The van der Waals surface area contributed by atoms with Crippen LogP contribution in [0.3, 0.4) is 0 Å². The minimum absolute atomic E-state index is 0.0786. The number of rotatable bonds is 2. The highest BCUT2D eigenvalue weighted by Gasteiger charge is 2.62. The number of sulfone groups is 1. The van der Waals surface area contributed by atoms with Gasteiger partial charge in [-0.1, -0.05) is 0 Å². The van der Waals surface area contributed by atoms with E-state index in [1.807, 2.05) is 0 Å². The van der Waals surface area contributed by atoms with Crippen LogP contribution in [0.4, 0.5) is 0 Å². The van der Waals surface area contributed by atoms with Crippen LogP contribution in [0.1, 0.15) is 12.8 Å². The first-order valence-electron chi connectivity index (χ1n) is 5.57. The maximum absolute atomic E-state index is 11.9. The quantitative estimate of drug-likeness (QED) is 0.601. The molecule has 6 nitrogen and oxygen atoms in total. The summed E-state index contributed by atoms with van der Waals surface area (Å²) in [5.41, 5.74) is -2.60. The fourth-order valence-corrected chi connectivity index (χ4v) is 4.74. The Morgan fingerprint density at radius 1 is 1.41 bits per heavy atom. The van der Waals surface area contributed by atoms with Crippen molar-refractivity contribution in [2.75, 3.05) is 31.7 Å². The second kappa shape index (κ2) is 3.93. The molecule has 1 unspecified atom stereocenters. The number of carbonyl (C=O) groups is 1. The van der Waals surface area contributed by atoms with E-state index in [0.29, 0.717) is 12.8 Å². The van der Waals surface area contributed by atoms with Crippen LogP contribution in [0, 0.1) is 5.41 Å². The number of hydrogen-bond acceptors (Lipinski definition) is 6. The van der Waals surface area contributed by atoms with E-state index in [4.69, 9.17) is 4.74 Å². The zero-order chi connectivity index (χ0) is 12.7. The molecule has 1 atom stereocenters. The molecule has 0 spiro atoms. The molecule has 0 saturated carbocycles. The van der Waals surface area contributed by atoms with E-state index in [9.17, 15) is 18.3 Å². The maximum Gasteiger partial charge on any atom is 0.315 e. The van der Waals surface area contributed by atoms with E-state index in [1.54, 1.807) is 0 Å². The molecule has 0 aromatic carbocycles. The van der Waals surface area contributed by atoms with Gasteiger partial charge in [0.25, 0.3) is 0 Å². The van der Waals surface area contributed by atoms with Gasteiger partial charge in [0, 0.05) is 13.1 Å². The van der Waals surface area contributed by atoms with E-state index < -0.39 is 26.8 Å². The molecule has 2 fully saturated rings. The summed E-state index contributed by atoms with van der Waals surface area (Å²) in [6.07, 6.45) is 0.747. The molecule has 0 amide bonds. The molecule has 98 valence electrons. The first kappa shape index (κ1) is 12.8. The summed E-state index contributed by atoms with van der Waals surface area (Å²) in [5, 5.41) is 13.3. The lowest BCUT2D eigenvalue weighted by atomic mass is 9.66. The van der Waals surface area contributed by atoms with Crippen LogP contribution in [0.15, 0.2) is 0 Å². The van der Waals surface area contributed by atoms with Gasteiger partial charge < -0.3 is 15.2 Å². The van der Waals surface area contributed by atoms with Gasteiger partial charge in [0.15, 0.2) is 9.84 Å². The predicted octanol–water partition coefficient (Wildman–Crippen LogP) is -1.31. The predicted molar refractivity (Wildman–Crippen MR) is 60.2 cm³/mol. The molecular weight excluding hydrogens is 246 g/mol. The number of esters is 1. The third-order valence-electron chi connectivity index (χ3n) is 3.83. The van der Waals surface area contributed by atoms with E-state index in [1.165, 1.54) is 7.11 Å². The zero-order valence-corrected chi connectivity index (χ0v) is 10.5. The summed E-state index contributed by atoms with van der Waals surface area (Å²) in [6, 6.07) is 0. The van der Waals surface area contributed by atoms with E-state index in [2.05, 4.69) is 5.32 Å². The minimum atomic E-state index is -3.29. The van der Waals surface area contributed by atoms with Crippen LogP contribution < -0.4 is 5.32 Å². The molecule has 2 aliphatic rings. The average Bonchev–Trinajstić information content (AvgIpc) is 2.23. The van der Waals surface area contributed by atoms with Crippen molar-refractivity contribution >= 4 is 15.8 Å². The van der Waals surface area contributed by atoms with E-state index in [-0.39, 0.29) is 24.6 Å². The molecule has 0 aromatic heterocycles. The van der Waals surface area contributed by atoms with Gasteiger partial charge in [0.2, 0.25) is 0 Å². The molecule has 0 bridgehead atoms. The molecule has 0 aliphatic carbocycles. The van der Waals surface area contributed by atoms with Crippen LogP contribution in [0.5, 0.6) is 0 Å². The molecule has 0 radical (unpaired) electrons. The van der Waals surface area contributed by atoms with E-state index in [0.717, 1.165) is 0 Å². The maximum atomic E-state index is 11.9. The Morgan fingerprint density at radius 2 is 2.06 bits per heavy atom. The standard InChI is InChI=1S/C10H17NO5S/c1-16-8(12)9(10(13)5-11-6-10)3-2-4-17(14,15)7-9/h11,13H,2-7H2,1H3. The summed E-state index contributed by atoms with van der Waals surface area (Å²) < 4.78 is 28.2. The van der Waals surface area contributed by atoms with Crippen molar-refractivity contribution in [3.05, 3.63) is 0 Å². The Labute approximate surface area is 100 Å². The monoisotopic (exact) mass is 263 g/mol. The molecule has 2 heterocycles. The van der Waals surface area contributed by atoms with E-state index >= 15 is 0 Å². The van der Waals surface area contributed by atoms with Crippen molar-refractivity contribution in [1.82, 2.24) is 5.32 Å². The van der Waals surface area contributed by atoms with Crippen molar-refractivity contribution in [2.45, 2.75) is 18.4 Å². The van der Waals surface area contributed by atoms with Crippen LogP contribution in [0.25, 0.3) is 0 Å². The van der Waals surface area contributed by atoms with Gasteiger partial charge in [-0.15, -0.1) is 0 Å². The van der Waals surface area contributed by atoms with Gasteiger partial charge in [-0.2, -0.15) is 0 Å². The highest BCUT2D eigenvalue weighted by atomic mass is 32.2. The highest BCUT2D eigenvalue weighted by molar-refractivity contribution is 7.91. The number of hydrogen-bond donors (Lipinski definition) is 2. The third-order valence-corrected chi connectivity index (χ3v) is 5.67. The summed E-state index contributed by atoms with van der Waals surface area (Å²) >= 11 is 0.